The van der Waals surface area contributed by atoms with Crippen molar-refractivity contribution in [2.75, 3.05) is 31.2 Å². The zero-order chi connectivity index (χ0) is 16.8. The third-order valence-corrected chi connectivity index (χ3v) is 4.67. The molecule has 0 aliphatic carbocycles. The number of nitrogens with zero attached hydrogens (tertiary/aromatic N) is 2. The molecule has 0 bridgehead atoms. The normalized spacial score (nSPS) is 15.0. The molecule has 0 atom stereocenters. The van der Waals surface area contributed by atoms with Crippen LogP contribution in [0.5, 0.6) is 0 Å². The highest BCUT2D eigenvalue weighted by Crippen LogP contribution is 2.25. The number of thiophene rings is 1. The highest BCUT2D eigenvalue weighted by atomic mass is 32.1. The maximum Gasteiger partial charge on any atom is 0.244 e. The molecule has 1 aromatic heterocycles. The first-order valence-corrected chi connectivity index (χ1v) is 8.51. The Morgan fingerprint density at radius 1 is 1.25 bits per heavy atom. The van der Waals surface area contributed by atoms with E-state index in [-0.39, 0.29) is 18.1 Å². The van der Waals surface area contributed by atoms with Gasteiger partial charge in [0.25, 0.3) is 0 Å². The number of ether oxygens (including phenoxy) is 1. The second-order valence-electron chi connectivity index (χ2n) is 5.37. The molecule has 1 aliphatic rings. The van der Waals surface area contributed by atoms with Crippen LogP contribution in [-0.2, 0) is 16.0 Å². The van der Waals surface area contributed by atoms with Gasteiger partial charge in [-0.3, -0.25) is 4.79 Å². The standard InChI is InChI=1S/C17H18FN3O2S/c18-14-3-1-13(2-4-14)11-16(22)20-19-12-15-5-6-17(24-15)21-7-9-23-10-8-21/h1-6,12H,7-11H2,(H,20,22). The molecule has 1 aliphatic heterocycles. The van der Waals surface area contributed by atoms with Gasteiger partial charge in [0.2, 0.25) is 5.91 Å². The van der Waals surface area contributed by atoms with Crippen molar-refractivity contribution in [3.05, 3.63) is 52.7 Å². The summed E-state index contributed by atoms with van der Waals surface area (Å²) >= 11 is 1.62. The molecule has 7 heteroatoms. The van der Waals surface area contributed by atoms with E-state index < -0.39 is 0 Å². The van der Waals surface area contributed by atoms with E-state index in [4.69, 9.17) is 4.74 Å². The van der Waals surface area contributed by atoms with E-state index in [0.29, 0.717) is 0 Å². The molecule has 2 heterocycles. The molecule has 0 unspecified atom stereocenters. The second-order valence-corrected chi connectivity index (χ2v) is 6.47. The van der Waals surface area contributed by atoms with Crippen molar-refractivity contribution in [1.29, 1.82) is 0 Å². The highest BCUT2D eigenvalue weighted by molar-refractivity contribution is 7.17. The van der Waals surface area contributed by atoms with Crippen molar-refractivity contribution in [3.63, 3.8) is 0 Å². The van der Waals surface area contributed by atoms with E-state index in [9.17, 15) is 9.18 Å². The molecule has 0 radical (unpaired) electrons. The summed E-state index contributed by atoms with van der Waals surface area (Å²) in [5, 5.41) is 5.16. The number of carbonyl (C=O) groups excluding carboxylic acids is 1. The lowest BCUT2D eigenvalue weighted by Gasteiger charge is -2.27. The van der Waals surface area contributed by atoms with Crippen molar-refractivity contribution in [3.8, 4) is 0 Å². The minimum absolute atomic E-state index is 0.168. The van der Waals surface area contributed by atoms with E-state index in [1.807, 2.05) is 6.07 Å². The Bertz CT molecular complexity index is 709. The zero-order valence-corrected chi connectivity index (χ0v) is 13.9. The number of rotatable bonds is 5. The molecule has 0 spiro atoms. The lowest BCUT2D eigenvalue weighted by molar-refractivity contribution is -0.120. The average Bonchev–Trinajstić information content (AvgIpc) is 3.07. The number of anilines is 1. The fourth-order valence-electron chi connectivity index (χ4n) is 2.36. The predicted molar refractivity (Wildman–Crippen MR) is 93.2 cm³/mol. The number of hydrogen-bond acceptors (Lipinski definition) is 5. The van der Waals surface area contributed by atoms with Gasteiger partial charge >= 0.3 is 0 Å². The number of hydrogen-bond donors (Lipinski definition) is 1. The first kappa shape index (κ1) is 16.6. The molecule has 2 aromatic rings. The van der Waals surface area contributed by atoms with Gasteiger partial charge < -0.3 is 9.64 Å². The molecule has 126 valence electrons. The van der Waals surface area contributed by atoms with Crippen LogP contribution < -0.4 is 10.3 Å². The fraction of sp³-hybridized carbons (Fsp3) is 0.294. The summed E-state index contributed by atoms with van der Waals surface area (Å²) in [6.07, 6.45) is 1.80. The molecule has 1 N–H and O–H groups in total. The Morgan fingerprint density at radius 2 is 2.00 bits per heavy atom. The summed E-state index contributed by atoms with van der Waals surface area (Å²) in [5.74, 6) is -0.547. The molecule has 1 amide bonds. The maximum absolute atomic E-state index is 12.8. The fourth-order valence-corrected chi connectivity index (χ4v) is 3.29. The van der Waals surface area contributed by atoms with E-state index in [0.717, 1.165) is 36.7 Å². The predicted octanol–water partition coefficient (Wildman–Crippen LogP) is 2.42. The summed E-state index contributed by atoms with van der Waals surface area (Å²) in [7, 11) is 0. The van der Waals surface area contributed by atoms with Crippen LogP contribution >= 0.6 is 11.3 Å². The molecule has 0 saturated carbocycles. The number of amides is 1. The van der Waals surface area contributed by atoms with Gasteiger partial charge in [0.1, 0.15) is 5.82 Å². The minimum Gasteiger partial charge on any atom is -0.378 e. The number of halogens is 1. The van der Waals surface area contributed by atoms with Gasteiger partial charge in [-0.15, -0.1) is 11.3 Å². The van der Waals surface area contributed by atoms with Crippen molar-refractivity contribution in [2.24, 2.45) is 5.10 Å². The minimum atomic E-state index is -0.314. The summed E-state index contributed by atoms with van der Waals surface area (Å²) < 4.78 is 18.2. The topological polar surface area (TPSA) is 53.9 Å². The number of benzene rings is 1. The van der Waals surface area contributed by atoms with E-state index in [1.54, 1.807) is 29.7 Å². The summed E-state index contributed by atoms with van der Waals surface area (Å²) in [6.45, 7) is 3.29. The molecular formula is C17H18FN3O2S. The highest BCUT2D eigenvalue weighted by Gasteiger charge is 2.12. The largest absolute Gasteiger partial charge is 0.378 e. The van der Waals surface area contributed by atoms with E-state index in [2.05, 4.69) is 21.5 Å². The molecule has 3 rings (SSSR count). The molecule has 1 saturated heterocycles. The summed E-state index contributed by atoms with van der Waals surface area (Å²) in [5.41, 5.74) is 3.24. The van der Waals surface area contributed by atoms with Crippen LogP contribution in [0.3, 0.4) is 0 Å². The van der Waals surface area contributed by atoms with Crippen LogP contribution in [-0.4, -0.2) is 38.4 Å². The lowest BCUT2D eigenvalue weighted by Crippen LogP contribution is -2.35. The van der Waals surface area contributed by atoms with Crippen molar-refractivity contribution in [2.45, 2.75) is 6.42 Å². The van der Waals surface area contributed by atoms with Crippen LogP contribution in [0.4, 0.5) is 9.39 Å². The molecule has 1 fully saturated rings. The van der Waals surface area contributed by atoms with E-state index >= 15 is 0 Å². The SMILES string of the molecule is O=C(Cc1ccc(F)cc1)NN=Cc1ccc(N2CCOCC2)s1. The van der Waals surface area contributed by atoms with Crippen LogP contribution in [0.1, 0.15) is 10.4 Å². The number of carbonyl (C=O) groups is 1. The van der Waals surface area contributed by atoms with Gasteiger partial charge in [-0.1, -0.05) is 12.1 Å². The summed E-state index contributed by atoms with van der Waals surface area (Å²) in [4.78, 5) is 15.1. The Kier molecular flexibility index (Phi) is 5.55. The number of nitrogens with one attached hydrogen (secondary N) is 1. The number of hydrazone groups is 1. The van der Waals surface area contributed by atoms with Crippen molar-refractivity contribution in [1.82, 2.24) is 5.43 Å². The van der Waals surface area contributed by atoms with Gasteiger partial charge in [0.15, 0.2) is 0 Å². The monoisotopic (exact) mass is 347 g/mol. The van der Waals surface area contributed by atoms with Crippen LogP contribution in [0, 0.1) is 5.82 Å². The van der Waals surface area contributed by atoms with Gasteiger partial charge in [0, 0.05) is 18.0 Å². The Balaban J connectivity index is 1.49. The summed E-state index contributed by atoms with van der Waals surface area (Å²) in [6, 6.07) is 9.89. The average molecular weight is 347 g/mol. The van der Waals surface area contributed by atoms with Crippen LogP contribution in [0.25, 0.3) is 0 Å². The lowest BCUT2D eigenvalue weighted by atomic mass is 10.1. The number of morpholine rings is 1. The third kappa shape index (κ3) is 4.62. The van der Waals surface area contributed by atoms with Gasteiger partial charge in [-0.2, -0.15) is 5.10 Å². The molecule has 5 nitrogen and oxygen atoms in total. The van der Waals surface area contributed by atoms with Gasteiger partial charge in [-0.25, -0.2) is 9.82 Å². The van der Waals surface area contributed by atoms with Crippen molar-refractivity contribution < 1.29 is 13.9 Å². The Hall–Kier alpha value is -2.25. The molecule has 24 heavy (non-hydrogen) atoms. The maximum atomic E-state index is 12.8. The molecule has 1 aromatic carbocycles. The molecular weight excluding hydrogens is 329 g/mol. The zero-order valence-electron chi connectivity index (χ0n) is 13.1. The van der Waals surface area contributed by atoms with Crippen LogP contribution in [0.15, 0.2) is 41.5 Å². The van der Waals surface area contributed by atoms with Crippen molar-refractivity contribution >= 4 is 28.5 Å². The van der Waals surface area contributed by atoms with E-state index in [1.165, 1.54) is 17.1 Å². The second kappa shape index (κ2) is 8.03. The Morgan fingerprint density at radius 3 is 2.75 bits per heavy atom. The van der Waals surface area contributed by atoms with Gasteiger partial charge in [-0.05, 0) is 29.8 Å². The first-order chi connectivity index (χ1) is 11.7. The Labute approximate surface area is 143 Å². The van der Waals surface area contributed by atoms with Crippen LogP contribution in [0.2, 0.25) is 0 Å². The first-order valence-electron chi connectivity index (χ1n) is 7.69. The van der Waals surface area contributed by atoms with Gasteiger partial charge in [0.05, 0.1) is 30.9 Å². The third-order valence-electron chi connectivity index (χ3n) is 3.59. The quantitative estimate of drug-likeness (QED) is 0.668. The smallest absolute Gasteiger partial charge is 0.244 e.